The molecule has 1 heterocycles. The fraction of sp³-hybridized carbons (Fsp3) is 0.194. The molecule has 0 fully saturated rings. The molecule has 3 aromatic carbocycles. The molecule has 194 valence electrons. The van der Waals surface area contributed by atoms with Crippen LogP contribution in [0.1, 0.15) is 16.7 Å². The summed E-state index contributed by atoms with van der Waals surface area (Å²) in [6.45, 7) is 0.377. The number of methoxy groups -OCH3 is 1. The van der Waals surface area contributed by atoms with Crippen molar-refractivity contribution < 1.29 is 19.1 Å². The predicted molar refractivity (Wildman–Crippen MR) is 145 cm³/mol. The molecule has 1 aromatic heterocycles. The van der Waals surface area contributed by atoms with Gasteiger partial charge in [0.15, 0.2) is 6.61 Å². The average molecular weight is 510 g/mol. The fourth-order valence-electron chi connectivity index (χ4n) is 4.03. The van der Waals surface area contributed by atoms with Crippen LogP contribution < -0.4 is 14.8 Å². The Kier molecular flexibility index (Phi) is 9.45. The molecule has 1 N–H and O–H groups in total. The van der Waals surface area contributed by atoms with Crippen molar-refractivity contribution in [2.24, 2.45) is 0 Å². The number of hydrogen-bond acceptors (Lipinski definition) is 5. The molecule has 0 aliphatic rings. The Labute approximate surface area is 223 Å². The van der Waals surface area contributed by atoms with Crippen LogP contribution in [0.15, 0.2) is 109 Å². The van der Waals surface area contributed by atoms with E-state index >= 15 is 0 Å². The number of pyridine rings is 1. The number of para-hydroxylation sites is 1. The van der Waals surface area contributed by atoms with Gasteiger partial charge in [-0.25, -0.2) is 0 Å². The minimum atomic E-state index is -0.756. The van der Waals surface area contributed by atoms with Crippen molar-refractivity contribution >= 4 is 11.8 Å². The summed E-state index contributed by atoms with van der Waals surface area (Å²) in [4.78, 5) is 32.9. The van der Waals surface area contributed by atoms with Gasteiger partial charge in [0.2, 0.25) is 5.91 Å². The van der Waals surface area contributed by atoms with Crippen molar-refractivity contribution in [2.75, 3.05) is 13.7 Å². The molecule has 0 aliphatic carbocycles. The Bertz CT molecular complexity index is 1280. The van der Waals surface area contributed by atoms with E-state index in [9.17, 15) is 9.59 Å². The summed E-state index contributed by atoms with van der Waals surface area (Å²) < 4.78 is 11.1. The molecule has 38 heavy (non-hydrogen) atoms. The number of nitrogens with one attached hydrogen (secondary N) is 1. The van der Waals surface area contributed by atoms with Crippen LogP contribution in [0.25, 0.3) is 0 Å². The van der Waals surface area contributed by atoms with E-state index in [0.29, 0.717) is 18.7 Å². The van der Waals surface area contributed by atoms with Crippen molar-refractivity contribution in [1.29, 1.82) is 0 Å². The topological polar surface area (TPSA) is 80.8 Å². The van der Waals surface area contributed by atoms with Gasteiger partial charge in [0.1, 0.15) is 17.5 Å². The minimum Gasteiger partial charge on any atom is -0.497 e. The second-order valence-corrected chi connectivity index (χ2v) is 8.75. The number of amides is 2. The van der Waals surface area contributed by atoms with E-state index < -0.39 is 6.04 Å². The van der Waals surface area contributed by atoms with E-state index in [1.165, 1.54) is 0 Å². The lowest BCUT2D eigenvalue weighted by atomic mass is 10.0. The molecule has 4 aromatic rings. The summed E-state index contributed by atoms with van der Waals surface area (Å²) in [5.41, 5.74) is 2.75. The Morgan fingerprint density at radius 3 is 2.11 bits per heavy atom. The van der Waals surface area contributed by atoms with E-state index in [-0.39, 0.29) is 25.0 Å². The van der Waals surface area contributed by atoms with Crippen LogP contribution >= 0.6 is 0 Å². The molecule has 0 radical (unpaired) electrons. The zero-order valence-corrected chi connectivity index (χ0v) is 21.3. The van der Waals surface area contributed by atoms with Gasteiger partial charge < -0.3 is 19.7 Å². The zero-order valence-electron chi connectivity index (χ0n) is 21.3. The largest absolute Gasteiger partial charge is 0.497 e. The minimum absolute atomic E-state index is 0.191. The third-order valence-electron chi connectivity index (χ3n) is 6.10. The number of carbonyl (C=O) groups is 2. The third kappa shape index (κ3) is 7.67. The van der Waals surface area contributed by atoms with E-state index in [1.54, 1.807) is 36.5 Å². The number of rotatable bonds is 12. The van der Waals surface area contributed by atoms with Crippen LogP contribution in [0.2, 0.25) is 0 Å². The smallest absolute Gasteiger partial charge is 0.261 e. The van der Waals surface area contributed by atoms with Gasteiger partial charge in [0, 0.05) is 31.9 Å². The monoisotopic (exact) mass is 509 g/mol. The van der Waals surface area contributed by atoms with Crippen LogP contribution in [-0.4, -0.2) is 41.5 Å². The van der Waals surface area contributed by atoms with Crippen molar-refractivity contribution in [2.45, 2.75) is 25.6 Å². The Morgan fingerprint density at radius 1 is 0.789 bits per heavy atom. The Hall–Kier alpha value is -4.65. The van der Waals surface area contributed by atoms with Gasteiger partial charge in [-0.05, 0) is 53.1 Å². The second kappa shape index (κ2) is 13.6. The highest BCUT2D eigenvalue weighted by molar-refractivity contribution is 5.88. The molecule has 4 rings (SSSR count). The van der Waals surface area contributed by atoms with Gasteiger partial charge in [0.25, 0.3) is 5.91 Å². The van der Waals surface area contributed by atoms with E-state index in [0.717, 1.165) is 22.4 Å². The highest BCUT2D eigenvalue weighted by Gasteiger charge is 2.30. The molecular weight excluding hydrogens is 478 g/mol. The first kappa shape index (κ1) is 26.4. The number of carbonyl (C=O) groups excluding carboxylic acids is 2. The Balaban J connectivity index is 1.60. The van der Waals surface area contributed by atoms with Crippen LogP contribution in [0.4, 0.5) is 0 Å². The molecule has 7 heteroatoms. The van der Waals surface area contributed by atoms with Crippen molar-refractivity contribution in [3.63, 3.8) is 0 Å². The Morgan fingerprint density at radius 2 is 1.45 bits per heavy atom. The lowest BCUT2D eigenvalue weighted by Gasteiger charge is -2.31. The van der Waals surface area contributed by atoms with Gasteiger partial charge >= 0.3 is 0 Å². The zero-order chi connectivity index (χ0) is 26.6. The van der Waals surface area contributed by atoms with Crippen molar-refractivity contribution in [3.05, 3.63) is 126 Å². The maximum atomic E-state index is 13.7. The summed E-state index contributed by atoms with van der Waals surface area (Å²) in [7, 11) is 1.61. The second-order valence-electron chi connectivity index (χ2n) is 8.75. The number of benzene rings is 3. The molecule has 0 spiro atoms. The van der Waals surface area contributed by atoms with Gasteiger partial charge in [-0.3, -0.25) is 14.6 Å². The van der Waals surface area contributed by atoms with Crippen LogP contribution in [0.5, 0.6) is 11.5 Å². The summed E-state index contributed by atoms with van der Waals surface area (Å²) in [6, 6.07) is 29.3. The quantitative estimate of drug-likeness (QED) is 0.306. The third-order valence-corrected chi connectivity index (χ3v) is 6.10. The van der Waals surface area contributed by atoms with Crippen molar-refractivity contribution in [1.82, 2.24) is 15.2 Å². The standard InChI is InChI=1S/C31H31N3O4/c1-37-27-14-12-26(13-15-27)22-34(30(35)23-38-28-10-6-3-7-11-28)29(20-24-8-4-2-5-9-24)31(36)33-21-25-16-18-32-19-17-25/h2-19,29H,20-23H2,1H3,(H,33,36)/t29-/m1/s1. The van der Waals surface area contributed by atoms with Crippen LogP contribution in [-0.2, 0) is 29.1 Å². The summed E-state index contributed by atoms with van der Waals surface area (Å²) in [5, 5.41) is 3.01. The molecule has 0 bridgehead atoms. The molecule has 2 amide bonds. The van der Waals surface area contributed by atoms with Crippen molar-refractivity contribution in [3.8, 4) is 11.5 Å². The fourth-order valence-corrected chi connectivity index (χ4v) is 4.03. The number of aromatic nitrogens is 1. The summed E-state index contributed by atoms with van der Waals surface area (Å²) in [5.74, 6) is 0.777. The predicted octanol–water partition coefficient (Wildman–Crippen LogP) is 4.43. The lowest BCUT2D eigenvalue weighted by molar-refractivity contribution is -0.142. The van der Waals surface area contributed by atoms with Gasteiger partial charge in [-0.15, -0.1) is 0 Å². The van der Waals surface area contributed by atoms with Gasteiger partial charge in [0.05, 0.1) is 7.11 Å². The number of nitrogens with zero attached hydrogens (tertiary/aromatic N) is 2. The van der Waals surface area contributed by atoms with E-state index in [1.807, 2.05) is 84.9 Å². The first-order chi connectivity index (χ1) is 18.6. The summed E-state index contributed by atoms with van der Waals surface area (Å²) >= 11 is 0. The molecule has 0 aliphatic heterocycles. The summed E-state index contributed by atoms with van der Waals surface area (Å²) in [6.07, 6.45) is 3.73. The maximum absolute atomic E-state index is 13.7. The average Bonchev–Trinajstić information content (AvgIpc) is 2.98. The molecule has 0 unspecified atom stereocenters. The first-order valence-electron chi connectivity index (χ1n) is 12.4. The van der Waals surface area contributed by atoms with Crippen LogP contribution in [0, 0.1) is 0 Å². The normalized spacial score (nSPS) is 11.3. The molecule has 0 saturated carbocycles. The number of hydrogen-bond donors (Lipinski definition) is 1. The highest BCUT2D eigenvalue weighted by atomic mass is 16.5. The van der Waals surface area contributed by atoms with E-state index in [2.05, 4.69) is 10.3 Å². The maximum Gasteiger partial charge on any atom is 0.261 e. The number of ether oxygens (including phenoxy) is 2. The van der Waals surface area contributed by atoms with Crippen LogP contribution in [0.3, 0.4) is 0 Å². The molecule has 0 saturated heterocycles. The highest BCUT2D eigenvalue weighted by Crippen LogP contribution is 2.18. The van der Waals surface area contributed by atoms with Gasteiger partial charge in [-0.1, -0.05) is 60.7 Å². The SMILES string of the molecule is COc1ccc(CN(C(=O)COc2ccccc2)[C@H](Cc2ccccc2)C(=O)NCc2ccncc2)cc1. The first-order valence-corrected chi connectivity index (χ1v) is 12.4. The van der Waals surface area contributed by atoms with Gasteiger partial charge in [-0.2, -0.15) is 0 Å². The lowest BCUT2D eigenvalue weighted by Crippen LogP contribution is -2.51. The van der Waals surface area contributed by atoms with E-state index in [4.69, 9.17) is 9.47 Å². The molecular formula is C31H31N3O4. The molecule has 1 atom stereocenters. The molecule has 7 nitrogen and oxygen atoms in total.